The van der Waals surface area contributed by atoms with Crippen LogP contribution in [-0.2, 0) is 24.0 Å². The molecule has 38 heteroatoms. The fourth-order valence-corrected chi connectivity index (χ4v) is 15.1. The van der Waals surface area contributed by atoms with Gasteiger partial charge < -0.3 is 90.9 Å². The number of hydrogen-bond acceptors (Lipinski definition) is 22. The highest BCUT2D eigenvalue weighted by atomic mass is 35.5. The fraction of sp³-hybridized carbons (Fsp3) is 0.208. The van der Waals surface area contributed by atoms with Crippen LogP contribution in [0.15, 0.2) is 255 Å². The summed E-state index contributed by atoms with van der Waals surface area (Å²) in [5, 5.41) is 76.0. The molecule has 0 saturated carbocycles. The SMILES string of the molecule is CCCNCCCNC(C(=O)Nc1ccc2[nH]ncc2c1)c1cccc(Cl)c1.COc1ccc(C(NCCN)C(=O)Nc2ccc3[nH]ncc3c2)cc1Cl.NCCNC(C(=O)Nc1ccc2[nH]ncc2c1)c1ccc(Cl)c(Cl)c1.NCCNC(C(=O)Nc1ccc2[nH]ncc2c1)c1ccc(Cl)cc1.NCCNC(C(=O)Nc1ccc2[nH]ncc2c1)c1ccc(Oc2ccccc2)c(Cl)c1. The molecule has 0 saturated heterocycles. The quantitative estimate of drug-likeness (QED) is 0.0161. The third-order valence-electron chi connectivity index (χ3n) is 20.6. The Hall–Kier alpha value is -12.9. The van der Waals surface area contributed by atoms with Crippen LogP contribution >= 0.6 is 69.6 Å². The van der Waals surface area contributed by atoms with Crippen LogP contribution in [0.2, 0.25) is 30.1 Å². The number of ether oxygens (including phenoxy) is 2. The van der Waals surface area contributed by atoms with Gasteiger partial charge in [0.05, 0.1) is 85.8 Å². The lowest BCUT2D eigenvalue weighted by Crippen LogP contribution is -2.35. The van der Waals surface area contributed by atoms with Gasteiger partial charge in [-0.1, -0.05) is 137 Å². The maximum absolute atomic E-state index is 13.1. The normalized spacial score (nSPS) is 12.1. The molecule has 0 spiro atoms. The number of benzene rings is 11. The molecule has 5 atom stereocenters. The Morgan fingerprint density at radius 1 is 0.321 bits per heavy atom. The zero-order valence-corrected chi connectivity index (χ0v) is 77.5. The number of anilines is 5. The number of H-pyrrole nitrogens is 5. The minimum atomic E-state index is -0.633. The number of aromatic nitrogens is 10. The highest BCUT2D eigenvalue weighted by Crippen LogP contribution is 2.35. The van der Waals surface area contributed by atoms with Gasteiger partial charge in [0.15, 0.2) is 0 Å². The van der Waals surface area contributed by atoms with Crippen LogP contribution in [0.3, 0.4) is 0 Å². The number of methoxy groups -OCH3 is 1. The summed E-state index contributed by atoms with van der Waals surface area (Å²) in [5.74, 6) is 0.836. The van der Waals surface area contributed by atoms with Gasteiger partial charge in [-0.05, 0) is 224 Å². The smallest absolute Gasteiger partial charge is 0.246 e. The third-order valence-corrected chi connectivity index (χ3v) is 22.4. The Kier molecular flexibility index (Phi) is 38.3. The molecule has 134 heavy (non-hydrogen) atoms. The molecule has 0 fully saturated rings. The monoisotopic (exact) mass is 1930 g/mol. The average molecular weight is 1930 g/mol. The summed E-state index contributed by atoms with van der Waals surface area (Å²) in [6, 6.07) is 64.7. The lowest BCUT2D eigenvalue weighted by Gasteiger charge is -2.20. The van der Waals surface area contributed by atoms with E-state index in [2.05, 4.69) is 116 Å². The number of fused-ring (bicyclic) bond motifs is 5. The van der Waals surface area contributed by atoms with Crippen molar-refractivity contribution in [1.82, 2.24) is 82.9 Å². The minimum absolute atomic E-state index is 0.119. The Bertz CT molecular complexity index is 6520. The van der Waals surface area contributed by atoms with E-state index in [1.165, 1.54) is 0 Å². The van der Waals surface area contributed by atoms with Crippen LogP contribution in [0.4, 0.5) is 28.4 Å². The van der Waals surface area contributed by atoms with Crippen LogP contribution in [0.1, 0.15) is 77.8 Å². The standard InChI is InChI=1S/C23H22ClN5O2.C21H26ClN5O.C18H20ClN5O2.C17H17Cl2N5O.C17H18ClN5O/c24-19-13-15(6-9-21(19)31-18-4-2-1-3-5-18)22(26-11-10-25)23(30)28-17-7-8-20-16(12-17)14-27-29-20;1-2-9-23-10-4-11-24-20(15-5-3-6-17(22)12-15)21(28)26-18-7-8-19-16(13-18)14-25-27-19;1-26-16-5-2-11(9-14(16)19)17(21-7-6-20)18(25)23-13-3-4-15-12(8-13)10-22-24-15;18-13-3-1-10(8-14(13)19)16(21-6-5-20)17(25)23-12-2-4-15-11(7-12)9-22-24-15;18-13-3-1-11(2-4-13)16(20-8-7-19)17(24)22-14-5-6-15-12(9-14)10-21-23-15/h1-9,12-14,22,26H,10-11,25H2,(H,27,29)(H,28,30);3,5-8,12-14,20,23-24H,2,4,9-11H2,1H3,(H,25,27)(H,26,28);2-5,8-10,17,21H,6-7,20H2,1H3,(H,22,24)(H,23,25);1-4,7-9,16,21H,5-6,20H2,(H,22,24)(H,23,25);1-6,9-10,16,20H,7-8,19H2,(H,21,23)(H,22,24). The topological polar surface area (TPSA) is 484 Å². The fourth-order valence-electron chi connectivity index (χ4n) is 13.9. The maximum atomic E-state index is 13.1. The molecule has 0 radical (unpaired) electrons. The molecule has 5 unspecified atom stereocenters. The summed E-state index contributed by atoms with van der Waals surface area (Å²) < 4.78 is 11.0. The molecule has 24 N–H and O–H groups in total. The lowest BCUT2D eigenvalue weighted by molar-refractivity contribution is -0.119. The minimum Gasteiger partial charge on any atom is -0.495 e. The van der Waals surface area contributed by atoms with Crippen LogP contribution < -0.4 is 90.9 Å². The van der Waals surface area contributed by atoms with Gasteiger partial charge in [-0.2, -0.15) is 25.5 Å². The largest absolute Gasteiger partial charge is 0.495 e. The van der Waals surface area contributed by atoms with Gasteiger partial charge in [-0.15, -0.1) is 0 Å². The van der Waals surface area contributed by atoms with E-state index in [4.69, 9.17) is 102 Å². The highest BCUT2D eigenvalue weighted by molar-refractivity contribution is 6.42. The van der Waals surface area contributed by atoms with Crippen molar-refractivity contribution in [3.05, 3.63) is 313 Å². The number of para-hydroxylation sites is 1. The van der Waals surface area contributed by atoms with Crippen molar-refractivity contribution in [3.63, 3.8) is 0 Å². The van der Waals surface area contributed by atoms with Crippen molar-refractivity contribution in [1.29, 1.82) is 0 Å². The predicted molar refractivity (Wildman–Crippen MR) is 537 cm³/mol. The van der Waals surface area contributed by atoms with Gasteiger partial charge in [0.25, 0.3) is 0 Å². The van der Waals surface area contributed by atoms with E-state index < -0.39 is 30.2 Å². The number of halogens is 6. The van der Waals surface area contributed by atoms with Crippen molar-refractivity contribution < 1.29 is 33.4 Å². The summed E-state index contributed by atoms with van der Waals surface area (Å²) in [6.45, 7) is 8.43. The van der Waals surface area contributed by atoms with E-state index in [0.29, 0.717) is 134 Å². The zero-order valence-electron chi connectivity index (χ0n) is 73.0. The average Bonchev–Trinajstić information content (AvgIpc) is 1.40. The van der Waals surface area contributed by atoms with E-state index in [1.54, 1.807) is 98.8 Å². The van der Waals surface area contributed by atoms with Crippen LogP contribution in [-0.4, -0.2) is 160 Å². The molecule has 696 valence electrons. The van der Waals surface area contributed by atoms with E-state index in [-0.39, 0.29) is 29.5 Å². The van der Waals surface area contributed by atoms with Crippen molar-refractivity contribution in [2.24, 2.45) is 22.9 Å². The number of carbonyl (C=O) groups excluding carboxylic acids is 5. The number of nitrogens with zero attached hydrogens (tertiary/aromatic N) is 5. The molecule has 11 aromatic carbocycles. The Labute approximate surface area is 802 Å². The zero-order chi connectivity index (χ0) is 94.7. The summed E-state index contributed by atoms with van der Waals surface area (Å²) in [6.07, 6.45) is 10.6. The molecule has 32 nitrogen and oxygen atoms in total. The number of nitrogens with one attached hydrogen (secondary N) is 16. The van der Waals surface area contributed by atoms with E-state index >= 15 is 0 Å². The second-order valence-corrected chi connectivity index (χ2v) is 32.8. The van der Waals surface area contributed by atoms with Crippen LogP contribution in [0.5, 0.6) is 17.2 Å². The van der Waals surface area contributed by atoms with Gasteiger partial charge in [0, 0.05) is 118 Å². The molecule has 5 amide bonds. The molecular formula is C96H103Cl6N25O7. The van der Waals surface area contributed by atoms with E-state index in [1.807, 2.05) is 164 Å². The molecule has 0 aliphatic heterocycles. The highest BCUT2D eigenvalue weighted by Gasteiger charge is 2.27. The van der Waals surface area contributed by atoms with Gasteiger partial charge >= 0.3 is 0 Å². The van der Waals surface area contributed by atoms with Crippen molar-refractivity contribution >= 4 is 182 Å². The number of nitrogens with two attached hydrogens (primary N) is 4. The number of hydrogen-bond donors (Lipinski definition) is 20. The molecule has 16 rings (SSSR count). The Balaban J connectivity index is 0.000000151. The number of rotatable bonds is 37. The summed E-state index contributed by atoms with van der Waals surface area (Å²) in [5.41, 5.74) is 34.2. The first-order chi connectivity index (χ1) is 65.2. The van der Waals surface area contributed by atoms with Crippen molar-refractivity contribution in [2.45, 2.75) is 50.0 Å². The first kappa shape index (κ1) is 100. The number of amides is 5. The summed E-state index contributed by atoms with van der Waals surface area (Å²) in [4.78, 5) is 64.4. The number of aromatic amines is 5. The first-order valence-electron chi connectivity index (χ1n) is 42.9. The second-order valence-electron chi connectivity index (χ2n) is 30.3. The maximum Gasteiger partial charge on any atom is 0.246 e. The molecule has 5 aromatic heterocycles. The Morgan fingerprint density at radius 2 is 0.657 bits per heavy atom. The van der Waals surface area contributed by atoms with E-state index in [0.717, 1.165) is 109 Å². The second kappa shape index (κ2) is 51.3. The van der Waals surface area contributed by atoms with Gasteiger partial charge in [-0.25, -0.2) is 0 Å². The first-order valence-corrected chi connectivity index (χ1v) is 45.1. The predicted octanol–water partition coefficient (Wildman–Crippen LogP) is 16.1. The molecule has 5 heterocycles. The van der Waals surface area contributed by atoms with Crippen LogP contribution in [0.25, 0.3) is 54.5 Å². The molecule has 0 aliphatic carbocycles. The number of carbonyl (C=O) groups is 5. The summed E-state index contributed by atoms with van der Waals surface area (Å²) >= 11 is 36.8. The molecular weight excluding hydrogens is 1830 g/mol. The third kappa shape index (κ3) is 29.0. The Morgan fingerprint density at radius 3 is 1.00 bits per heavy atom. The lowest BCUT2D eigenvalue weighted by atomic mass is 10.1. The molecule has 0 bridgehead atoms. The van der Waals surface area contributed by atoms with E-state index in [9.17, 15) is 24.0 Å². The van der Waals surface area contributed by atoms with Crippen LogP contribution in [0, 0.1) is 0 Å². The molecule has 0 aliphatic rings. The van der Waals surface area contributed by atoms with Gasteiger partial charge in [0.2, 0.25) is 29.5 Å². The van der Waals surface area contributed by atoms with Gasteiger partial charge in [0.1, 0.15) is 47.5 Å². The van der Waals surface area contributed by atoms with Crippen molar-refractivity contribution in [2.75, 3.05) is 106 Å². The van der Waals surface area contributed by atoms with Gasteiger partial charge in [-0.3, -0.25) is 49.5 Å². The molecule has 16 aromatic rings. The summed E-state index contributed by atoms with van der Waals surface area (Å²) in [7, 11) is 1.55. The van der Waals surface area contributed by atoms with Crippen molar-refractivity contribution in [3.8, 4) is 17.2 Å².